The van der Waals surface area contributed by atoms with E-state index in [9.17, 15) is 9.59 Å². The Morgan fingerprint density at radius 3 is 2.22 bits per heavy atom. The summed E-state index contributed by atoms with van der Waals surface area (Å²) in [4.78, 5) is 23.4. The Kier molecular flexibility index (Phi) is 4.27. The van der Waals surface area contributed by atoms with Crippen LogP contribution in [-0.2, 0) is 9.59 Å². The highest BCUT2D eigenvalue weighted by molar-refractivity contribution is 5.84. The number of carbonyl (C=O) groups is 2. The highest BCUT2D eigenvalue weighted by atomic mass is 16.2. The second-order valence-electron chi connectivity index (χ2n) is 3.90. The van der Waals surface area contributed by atoms with Crippen LogP contribution in [0.4, 0.5) is 5.69 Å². The largest absolute Gasteiger partial charge is 0.368 e. The molecular weight excluding hydrogens is 232 g/mol. The number of amides is 2. The number of rotatable bonds is 5. The molecule has 1 aromatic rings. The zero-order valence-corrected chi connectivity index (χ0v) is 10.0. The molecule has 0 bridgehead atoms. The van der Waals surface area contributed by atoms with Gasteiger partial charge >= 0.3 is 0 Å². The minimum Gasteiger partial charge on any atom is -0.368 e. The molecule has 0 heterocycles. The summed E-state index contributed by atoms with van der Waals surface area (Å²) in [5.74, 6) is -1.11. The first kappa shape index (κ1) is 13.5. The van der Waals surface area contributed by atoms with Crippen LogP contribution in [0.3, 0.4) is 0 Å². The average molecular weight is 246 g/mol. The van der Waals surface area contributed by atoms with E-state index in [4.69, 9.17) is 16.7 Å². The van der Waals surface area contributed by atoms with Crippen molar-refractivity contribution in [1.29, 1.82) is 5.26 Å². The van der Waals surface area contributed by atoms with Gasteiger partial charge in [-0.3, -0.25) is 9.59 Å². The van der Waals surface area contributed by atoms with Gasteiger partial charge in [0.15, 0.2) is 0 Å². The van der Waals surface area contributed by atoms with Crippen molar-refractivity contribution in [3.05, 3.63) is 29.3 Å². The summed E-state index contributed by atoms with van der Waals surface area (Å²) in [6, 6.07) is 7.03. The molecule has 0 atom stereocenters. The van der Waals surface area contributed by atoms with Crippen molar-refractivity contribution < 1.29 is 9.59 Å². The Hall–Kier alpha value is -2.55. The second kappa shape index (κ2) is 5.68. The van der Waals surface area contributed by atoms with Crippen molar-refractivity contribution in [2.45, 2.75) is 6.92 Å². The van der Waals surface area contributed by atoms with Crippen LogP contribution in [0.15, 0.2) is 18.2 Å². The maximum absolute atomic E-state index is 10.9. The monoisotopic (exact) mass is 246 g/mol. The third kappa shape index (κ3) is 3.49. The topological polar surface area (TPSA) is 113 Å². The number of nitriles is 1. The van der Waals surface area contributed by atoms with Gasteiger partial charge in [0.2, 0.25) is 11.8 Å². The fraction of sp³-hybridized carbons (Fsp3) is 0.250. The van der Waals surface area contributed by atoms with Crippen molar-refractivity contribution in [3.63, 3.8) is 0 Å². The number of carbonyl (C=O) groups excluding carboxylic acids is 2. The fourth-order valence-electron chi connectivity index (χ4n) is 1.58. The minimum atomic E-state index is -0.557. The lowest BCUT2D eigenvalue weighted by atomic mass is 10.1. The quantitative estimate of drug-likeness (QED) is 0.738. The number of hydrogen-bond acceptors (Lipinski definition) is 4. The molecule has 0 aromatic heterocycles. The molecule has 1 rings (SSSR count). The number of nitrogens with zero attached hydrogens (tertiary/aromatic N) is 2. The fourth-order valence-corrected chi connectivity index (χ4v) is 1.58. The van der Waals surface area contributed by atoms with Gasteiger partial charge in [-0.25, -0.2) is 0 Å². The molecule has 0 spiro atoms. The zero-order valence-electron chi connectivity index (χ0n) is 10.0. The molecule has 6 heteroatoms. The molecule has 0 fully saturated rings. The van der Waals surface area contributed by atoms with E-state index in [1.807, 2.05) is 6.07 Å². The molecule has 0 saturated heterocycles. The minimum absolute atomic E-state index is 0.103. The Morgan fingerprint density at radius 2 is 1.83 bits per heavy atom. The van der Waals surface area contributed by atoms with Crippen LogP contribution in [0.25, 0.3) is 0 Å². The van der Waals surface area contributed by atoms with Crippen molar-refractivity contribution >= 4 is 17.5 Å². The second-order valence-corrected chi connectivity index (χ2v) is 3.90. The molecule has 0 radical (unpaired) electrons. The Morgan fingerprint density at radius 1 is 1.28 bits per heavy atom. The van der Waals surface area contributed by atoms with Crippen molar-refractivity contribution in [3.8, 4) is 6.07 Å². The van der Waals surface area contributed by atoms with Gasteiger partial charge in [-0.1, -0.05) is 0 Å². The number of benzene rings is 1. The lowest BCUT2D eigenvalue weighted by Gasteiger charge is -2.22. The average Bonchev–Trinajstić information content (AvgIpc) is 2.26. The molecule has 2 amide bonds. The van der Waals surface area contributed by atoms with E-state index >= 15 is 0 Å². The van der Waals surface area contributed by atoms with Crippen LogP contribution in [0.2, 0.25) is 0 Å². The summed E-state index contributed by atoms with van der Waals surface area (Å²) in [5.41, 5.74) is 12.2. The number of aryl methyl sites for hydroxylation is 1. The van der Waals surface area contributed by atoms with E-state index in [1.165, 1.54) is 4.90 Å². The van der Waals surface area contributed by atoms with Gasteiger partial charge in [0, 0.05) is 5.69 Å². The maximum Gasteiger partial charge on any atom is 0.236 e. The van der Waals surface area contributed by atoms with Crippen molar-refractivity contribution in [1.82, 2.24) is 0 Å². The zero-order chi connectivity index (χ0) is 13.7. The third-order valence-electron chi connectivity index (χ3n) is 2.39. The van der Waals surface area contributed by atoms with Crippen LogP contribution in [0.1, 0.15) is 11.1 Å². The van der Waals surface area contributed by atoms with E-state index in [1.54, 1.807) is 25.1 Å². The molecule has 0 unspecified atom stereocenters. The van der Waals surface area contributed by atoms with Gasteiger partial charge in [-0.15, -0.1) is 0 Å². The number of nitrogens with two attached hydrogens (primary N) is 2. The summed E-state index contributed by atoms with van der Waals surface area (Å²) >= 11 is 0. The predicted octanol–water partition coefficient (Wildman–Crippen LogP) is -0.356. The Bertz CT molecular complexity index is 503. The first-order valence-electron chi connectivity index (χ1n) is 5.26. The van der Waals surface area contributed by atoms with Crippen LogP contribution in [-0.4, -0.2) is 24.9 Å². The van der Waals surface area contributed by atoms with Crippen molar-refractivity contribution in [2.75, 3.05) is 18.0 Å². The maximum atomic E-state index is 10.9. The SMILES string of the molecule is Cc1cc(N(CC(N)=O)CC(N)=O)ccc1C#N. The van der Waals surface area contributed by atoms with Gasteiger partial charge in [0.1, 0.15) is 0 Å². The van der Waals surface area contributed by atoms with E-state index in [-0.39, 0.29) is 13.1 Å². The normalized spacial score (nSPS) is 9.56. The van der Waals surface area contributed by atoms with Crippen LogP contribution in [0.5, 0.6) is 0 Å². The molecule has 94 valence electrons. The summed E-state index contributed by atoms with van der Waals surface area (Å²) in [6.45, 7) is 1.57. The molecule has 18 heavy (non-hydrogen) atoms. The van der Waals surface area contributed by atoms with E-state index in [2.05, 4.69) is 0 Å². The van der Waals surface area contributed by atoms with Gasteiger partial charge < -0.3 is 16.4 Å². The molecule has 4 N–H and O–H groups in total. The summed E-state index contributed by atoms with van der Waals surface area (Å²) in [6.07, 6.45) is 0. The lowest BCUT2D eigenvalue weighted by Crippen LogP contribution is -2.39. The first-order valence-corrected chi connectivity index (χ1v) is 5.26. The van der Waals surface area contributed by atoms with Crippen LogP contribution in [0, 0.1) is 18.3 Å². The predicted molar refractivity (Wildman–Crippen MR) is 66.5 cm³/mol. The van der Waals surface area contributed by atoms with E-state index in [0.29, 0.717) is 11.3 Å². The van der Waals surface area contributed by atoms with Crippen LogP contribution < -0.4 is 16.4 Å². The molecule has 0 aliphatic rings. The molecule has 0 aliphatic carbocycles. The Labute approximate surface area is 105 Å². The van der Waals surface area contributed by atoms with Gasteiger partial charge in [0.05, 0.1) is 24.7 Å². The number of anilines is 1. The highest BCUT2D eigenvalue weighted by Crippen LogP contribution is 2.18. The van der Waals surface area contributed by atoms with Gasteiger partial charge in [-0.2, -0.15) is 5.26 Å². The highest BCUT2D eigenvalue weighted by Gasteiger charge is 2.13. The lowest BCUT2D eigenvalue weighted by molar-refractivity contribution is -0.117. The van der Waals surface area contributed by atoms with Crippen LogP contribution >= 0.6 is 0 Å². The molecule has 1 aromatic carbocycles. The van der Waals surface area contributed by atoms with Crippen molar-refractivity contribution in [2.24, 2.45) is 11.5 Å². The molecule has 6 nitrogen and oxygen atoms in total. The standard InChI is InChI=1S/C12H14N4O2/c1-8-4-10(3-2-9(8)5-13)16(6-11(14)17)7-12(15)18/h2-4H,6-7H2,1H3,(H2,14,17)(H2,15,18). The first-order chi connectivity index (χ1) is 8.43. The Balaban J connectivity index is 3.05. The number of primary amides is 2. The summed E-state index contributed by atoms with van der Waals surface area (Å²) in [5, 5.41) is 8.83. The van der Waals surface area contributed by atoms with E-state index in [0.717, 1.165) is 5.56 Å². The van der Waals surface area contributed by atoms with Gasteiger partial charge in [0.25, 0.3) is 0 Å². The van der Waals surface area contributed by atoms with E-state index < -0.39 is 11.8 Å². The third-order valence-corrected chi connectivity index (χ3v) is 2.39. The van der Waals surface area contributed by atoms with Gasteiger partial charge in [-0.05, 0) is 30.7 Å². The molecule has 0 saturated carbocycles. The molecule has 0 aliphatic heterocycles. The summed E-state index contributed by atoms with van der Waals surface area (Å²) in [7, 11) is 0. The molecular formula is C12H14N4O2. The number of hydrogen-bond donors (Lipinski definition) is 2. The summed E-state index contributed by atoms with van der Waals surface area (Å²) < 4.78 is 0. The smallest absolute Gasteiger partial charge is 0.236 e.